The molecule has 2 aromatic carbocycles. The lowest BCUT2D eigenvalue weighted by Gasteiger charge is -2.30. The van der Waals surface area contributed by atoms with Gasteiger partial charge in [0.2, 0.25) is 5.91 Å². The molecule has 0 unspecified atom stereocenters. The first-order chi connectivity index (χ1) is 16.8. The van der Waals surface area contributed by atoms with E-state index in [2.05, 4.69) is 5.32 Å². The molecule has 1 N–H and O–H groups in total. The number of nitrogens with zero attached hydrogens (tertiary/aromatic N) is 2. The fourth-order valence-corrected chi connectivity index (χ4v) is 5.17. The standard InChI is InChI=1S/C27H30ClN3O4/c1-30(22-12-10-21(28)11-13-22)24(33)20(16-19-8-4-2-5-9-19)17-23(32)18-31-25(34)27(29-26(31)35)14-6-3-7-15-27/h2,4-5,8-13,20H,3,6-7,14-18H2,1H3,(H,29,35)/t20-/m1/s1. The normalized spacial score (nSPS) is 17.8. The Bertz CT molecular complexity index is 1100. The van der Waals surface area contributed by atoms with Crippen LogP contribution >= 0.6 is 11.6 Å². The van der Waals surface area contributed by atoms with E-state index >= 15 is 0 Å². The molecular weight excluding hydrogens is 466 g/mol. The molecule has 2 fully saturated rings. The van der Waals surface area contributed by atoms with Gasteiger partial charge in [0.1, 0.15) is 5.54 Å². The lowest BCUT2D eigenvalue weighted by molar-refractivity contribution is -0.136. The zero-order valence-electron chi connectivity index (χ0n) is 19.8. The highest BCUT2D eigenvalue weighted by atomic mass is 35.5. The van der Waals surface area contributed by atoms with Crippen molar-refractivity contribution in [2.24, 2.45) is 5.92 Å². The molecule has 1 spiro atoms. The maximum Gasteiger partial charge on any atom is 0.325 e. The molecular formula is C27H30ClN3O4. The van der Waals surface area contributed by atoms with Gasteiger partial charge in [-0.3, -0.25) is 19.3 Å². The molecule has 2 aliphatic rings. The summed E-state index contributed by atoms with van der Waals surface area (Å²) in [6.07, 6.45) is 4.28. The number of hydrogen-bond acceptors (Lipinski definition) is 4. The zero-order valence-corrected chi connectivity index (χ0v) is 20.6. The third kappa shape index (κ3) is 5.56. The van der Waals surface area contributed by atoms with Crippen molar-refractivity contribution in [3.8, 4) is 0 Å². The summed E-state index contributed by atoms with van der Waals surface area (Å²) in [7, 11) is 1.66. The molecule has 0 bridgehead atoms. The molecule has 1 aliphatic carbocycles. The Hall–Kier alpha value is -3.19. The van der Waals surface area contributed by atoms with E-state index in [1.165, 1.54) is 4.90 Å². The minimum absolute atomic E-state index is 0.0737. The number of hydrogen-bond donors (Lipinski definition) is 1. The molecule has 2 aromatic rings. The van der Waals surface area contributed by atoms with Crippen molar-refractivity contribution in [1.82, 2.24) is 10.2 Å². The van der Waals surface area contributed by atoms with Crippen LogP contribution in [0.5, 0.6) is 0 Å². The second kappa shape index (κ2) is 10.6. The van der Waals surface area contributed by atoms with Crippen molar-refractivity contribution in [3.05, 3.63) is 65.2 Å². The molecule has 4 rings (SSSR count). The van der Waals surface area contributed by atoms with Crippen LogP contribution in [0, 0.1) is 5.92 Å². The van der Waals surface area contributed by atoms with Crippen LogP contribution in [0.4, 0.5) is 10.5 Å². The summed E-state index contributed by atoms with van der Waals surface area (Å²) in [4.78, 5) is 54.8. The van der Waals surface area contributed by atoms with E-state index in [-0.39, 0.29) is 30.6 Å². The van der Waals surface area contributed by atoms with Gasteiger partial charge < -0.3 is 10.2 Å². The summed E-state index contributed by atoms with van der Waals surface area (Å²) < 4.78 is 0. The molecule has 4 amide bonds. The second-order valence-electron chi connectivity index (χ2n) is 9.47. The van der Waals surface area contributed by atoms with E-state index in [1.807, 2.05) is 30.3 Å². The number of rotatable bonds is 8. The van der Waals surface area contributed by atoms with Gasteiger partial charge in [0.25, 0.3) is 5.91 Å². The van der Waals surface area contributed by atoms with Gasteiger partial charge in [-0.2, -0.15) is 0 Å². The largest absolute Gasteiger partial charge is 0.325 e. The Morgan fingerprint density at radius 3 is 2.34 bits per heavy atom. The molecule has 1 saturated heterocycles. The van der Waals surface area contributed by atoms with Gasteiger partial charge in [0.05, 0.1) is 6.54 Å². The predicted octanol–water partition coefficient (Wildman–Crippen LogP) is 4.38. The SMILES string of the molecule is CN(C(=O)[C@@H](CC(=O)CN1C(=O)NC2(CCCCC2)C1=O)Cc1ccccc1)c1ccc(Cl)cc1. The van der Waals surface area contributed by atoms with E-state index in [1.54, 1.807) is 31.3 Å². The van der Waals surface area contributed by atoms with Crippen LogP contribution in [0.3, 0.4) is 0 Å². The first-order valence-electron chi connectivity index (χ1n) is 12.0. The van der Waals surface area contributed by atoms with Crippen LogP contribution in [0.1, 0.15) is 44.1 Å². The average molecular weight is 496 g/mol. The van der Waals surface area contributed by atoms with Crippen LogP contribution in [0.2, 0.25) is 5.02 Å². The lowest BCUT2D eigenvalue weighted by atomic mass is 9.81. The number of anilines is 1. The van der Waals surface area contributed by atoms with E-state index in [4.69, 9.17) is 11.6 Å². The van der Waals surface area contributed by atoms with Crippen molar-refractivity contribution in [1.29, 1.82) is 0 Å². The van der Waals surface area contributed by atoms with Crippen LogP contribution in [0.15, 0.2) is 54.6 Å². The molecule has 1 saturated carbocycles. The lowest BCUT2D eigenvalue weighted by Crippen LogP contribution is -2.48. The summed E-state index contributed by atoms with van der Waals surface area (Å²) in [5.74, 6) is -1.50. The van der Waals surface area contributed by atoms with Crippen molar-refractivity contribution in [2.45, 2.75) is 50.5 Å². The van der Waals surface area contributed by atoms with Gasteiger partial charge in [0.15, 0.2) is 5.78 Å². The summed E-state index contributed by atoms with van der Waals surface area (Å²) in [6.45, 7) is -0.324. The third-order valence-electron chi connectivity index (χ3n) is 6.98. The van der Waals surface area contributed by atoms with Gasteiger partial charge in [-0.1, -0.05) is 61.2 Å². The van der Waals surface area contributed by atoms with Crippen molar-refractivity contribution < 1.29 is 19.2 Å². The van der Waals surface area contributed by atoms with Gasteiger partial charge >= 0.3 is 6.03 Å². The summed E-state index contributed by atoms with van der Waals surface area (Å²) in [6, 6.07) is 15.9. The Balaban J connectivity index is 1.48. The number of carbonyl (C=O) groups is 4. The number of ketones is 1. The highest BCUT2D eigenvalue weighted by Gasteiger charge is 2.51. The summed E-state index contributed by atoms with van der Waals surface area (Å²) in [5, 5.41) is 3.40. The first kappa shape index (κ1) is 24.9. The topological polar surface area (TPSA) is 86.8 Å². The van der Waals surface area contributed by atoms with Crippen LogP contribution < -0.4 is 10.2 Å². The third-order valence-corrected chi connectivity index (χ3v) is 7.23. The molecule has 0 radical (unpaired) electrons. The van der Waals surface area contributed by atoms with E-state index < -0.39 is 17.5 Å². The minimum Gasteiger partial charge on any atom is -0.323 e. The number of imide groups is 1. The molecule has 1 heterocycles. The smallest absolute Gasteiger partial charge is 0.323 e. The van der Waals surface area contributed by atoms with E-state index in [9.17, 15) is 19.2 Å². The van der Waals surface area contributed by atoms with Crippen molar-refractivity contribution in [2.75, 3.05) is 18.5 Å². The number of urea groups is 1. The Labute approximate surface area is 210 Å². The molecule has 35 heavy (non-hydrogen) atoms. The van der Waals surface area contributed by atoms with E-state index in [0.717, 1.165) is 29.7 Å². The molecule has 8 heteroatoms. The number of amides is 4. The Kier molecular flexibility index (Phi) is 7.55. The van der Waals surface area contributed by atoms with Crippen molar-refractivity contribution in [3.63, 3.8) is 0 Å². The van der Waals surface area contributed by atoms with Crippen molar-refractivity contribution >= 4 is 40.9 Å². The Morgan fingerprint density at radius 1 is 1.03 bits per heavy atom. The number of halogens is 1. The number of carbonyl (C=O) groups excluding carboxylic acids is 4. The van der Waals surface area contributed by atoms with Gasteiger partial charge in [-0.25, -0.2) is 4.79 Å². The van der Waals surface area contributed by atoms with Crippen LogP contribution in [0.25, 0.3) is 0 Å². The predicted molar refractivity (Wildman–Crippen MR) is 134 cm³/mol. The zero-order chi connectivity index (χ0) is 25.0. The highest BCUT2D eigenvalue weighted by Crippen LogP contribution is 2.33. The van der Waals surface area contributed by atoms with Gasteiger partial charge in [0, 0.05) is 30.1 Å². The monoisotopic (exact) mass is 495 g/mol. The molecule has 7 nitrogen and oxygen atoms in total. The fraction of sp³-hybridized carbons (Fsp3) is 0.407. The second-order valence-corrected chi connectivity index (χ2v) is 9.90. The first-order valence-corrected chi connectivity index (χ1v) is 12.4. The molecule has 0 aromatic heterocycles. The van der Waals surface area contributed by atoms with Gasteiger partial charge in [-0.05, 0) is 49.1 Å². The molecule has 184 valence electrons. The van der Waals surface area contributed by atoms with E-state index in [0.29, 0.717) is 30.0 Å². The summed E-state index contributed by atoms with van der Waals surface area (Å²) >= 11 is 5.98. The van der Waals surface area contributed by atoms with Crippen LogP contribution in [-0.4, -0.2) is 47.7 Å². The molecule has 1 aliphatic heterocycles. The maximum absolute atomic E-state index is 13.5. The number of benzene rings is 2. The number of Topliss-reactive ketones (excluding diaryl/α,β-unsaturated/α-hetero) is 1. The number of nitrogens with one attached hydrogen (secondary N) is 1. The Morgan fingerprint density at radius 2 is 1.69 bits per heavy atom. The fourth-order valence-electron chi connectivity index (χ4n) is 5.04. The molecule has 1 atom stereocenters. The minimum atomic E-state index is -0.871. The van der Waals surface area contributed by atoms with Gasteiger partial charge in [-0.15, -0.1) is 0 Å². The average Bonchev–Trinajstić information content (AvgIpc) is 3.08. The summed E-state index contributed by atoms with van der Waals surface area (Å²) in [5.41, 5.74) is 0.724. The highest BCUT2D eigenvalue weighted by molar-refractivity contribution is 6.30. The quantitative estimate of drug-likeness (QED) is 0.551. The maximum atomic E-state index is 13.5. The van der Waals surface area contributed by atoms with Crippen LogP contribution in [-0.2, 0) is 20.8 Å².